The molecule has 3 rings (SSSR count). The second-order valence-corrected chi connectivity index (χ2v) is 4.81. The molecule has 0 aliphatic heterocycles. The van der Waals surface area contributed by atoms with Crippen molar-refractivity contribution in [3.8, 4) is 5.69 Å². The lowest BCUT2D eigenvalue weighted by Crippen LogP contribution is -2.21. The maximum Gasteiger partial charge on any atom is 0.271 e. The van der Waals surface area contributed by atoms with Crippen LogP contribution in [-0.2, 0) is 6.54 Å². The predicted octanol–water partition coefficient (Wildman–Crippen LogP) is 3.00. The second kappa shape index (κ2) is 5.21. The van der Waals surface area contributed by atoms with Gasteiger partial charge in [-0.1, -0.05) is 48.5 Å². The maximum atomic E-state index is 12.2. The summed E-state index contributed by atoms with van der Waals surface area (Å²) in [5.41, 5.74) is 3.03. The summed E-state index contributed by atoms with van der Waals surface area (Å²) in [4.78, 5) is 12.2. The van der Waals surface area contributed by atoms with Gasteiger partial charge in [0.15, 0.2) is 0 Å². The van der Waals surface area contributed by atoms with Crippen LogP contribution in [0.2, 0.25) is 0 Å². The molecule has 20 heavy (non-hydrogen) atoms. The minimum Gasteiger partial charge on any atom is -0.278 e. The normalized spacial score (nSPS) is 10.7. The largest absolute Gasteiger partial charge is 0.278 e. The monoisotopic (exact) mass is 264 g/mol. The van der Waals surface area contributed by atoms with E-state index in [-0.39, 0.29) is 5.56 Å². The van der Waals surface area contributed by atoms with Crippen molar-refractivity contribution in [3.05, 3.63) is 88.3 Å². The molecule has 0 atom stereocenters. The molecule has 0 unspecified atom stereocenters. The number of nitrogens with zero attached hydrogens (tertiary/aromatic N) is 2. The Bertz CT molecular complexity index is 755. The van der Waals surface area contributed by atoms with Gasteiger partial charge in [-0.2, -0.15) is 0 Å². The Kier molecular flexibility index (Phi) is 3.25. The Labute approximate surface area is 117 Å². The highest BCUT2D eigenvalue weighted by molar-refractivity contribution is 5.31. The predicted molar refractivity (Wildman–Crippen MR) is 80.3 cm³/mol. The van der Waals surface area contributed by atoms with Crippen LogP contribution in [0, 0.1) is 6.92 Å². The van der Waals surface area contributed by atoms with Gasteiger partial charge in [-0.05, 0) is 24.6 Å². The van der Waals surface area contributed by atoms with Gasteiger partial charge in [0.2, 0.25) is 0 Å². The third-order valence-corrected chi connectivity index (χ3v) is 3.37. The summed E-state index contributed by atoms with van der Waals surface area (Å²) in [5.74, 6) is 0. The lowest BCUT2D eigenvalue weighted by atomic mass is 10.2. The van der Waals surface area contributed by atoms with E-state index in [0.29, 0.717) is 6.54 Å². The molecule has 0 bridgehead atoms. The number of hydrogen-bond donors (Lipinski definition) is 0. The standard InChI is InChI=1S/C17H16N2O/c1-14-12-17(20)19(16-10-6-3-7-11-16)18(14)13-15-8-4-2-5-9-15/h2-12H,13H2,1H3. The number of benzene rings is 2. The van der Waals surface area contributed by atoms with Gasteiger partial charge in [0.05, 0.1) is 12.2 Å². The Balaban J connectivity index is 2.10. The van der Waals surface area contributed by atoms with Crippen molar-refractivity contribution < 1.29 is 0 Å². The summed E-state index contributed by atoms with van der Waals surface area (Å²) in [7, 11) is 0. The molecule has 0 radical (unpaired) electrons. The van der Waals surface area contributed by atoms with Crippen molar-refractivity contribution in [3.63, 3.8) is 0 Å². The van der Waals surface area contributed by atoms with E-state index in [9.17, 15) is 4.79 Å². The van der Waals surface area contributed by atoms with Crippen LogP contribution < -0.4 is 5.56 Å². The first kappa shape index (κ1) is 12.5. The highest BCUT2D eigenvalue weighted by Gasteiger charge is 2.09. The van der Waals surface area contributed by atoms with Gasteiger partial charge in [0.25, 0.3) is 5.56 Å². The van der Waals surface area contributed by atoms with Crippen molar-refractivity contribution in [2.75, 3.05) is 0 Å². The molecular formula is C17H16N2O. The first-order valence-electron chi connectivity index (χ1n) is 6.64. The van der Waals surface area contributed by atoms with Crippen molar-refractivity contribution in [2.24, 2.45) is 0 Å². The molecule has 0 N–H and O–H groups in total. The molecule has 0 spiro atoms. The molecule has 1 aromatic heterocycles. The van der Waals surface area contributed by atoms with E-state index in [1.54, 1.807) is 10.7 Å². The fourth-order valence-electron chi connectivity index (χ4n) is 2.38. The zero-order valence-corrected chi connectivity index (χ0v) is 11.4. The molecule has 0 saturated carbocycles. The van der Waals surface area contributed by atoms with Gasteiger partial charge in [0, 0.05) is 11.8 Å². The first-order chi connectivity index (χ1) is 9.75. The van der Waals surface area contributed by atoms with E-state index in [1.165, 1.54) is 5.56 Å². The Hall–Kier alpha value is -2.55. The molecule has 3 nitrogen and oxygen atoms in total. The van der Waals surface area contributed by atoms with E-state index >= 15 is 0 Å². The first-order valence-corrected chi connectivity index (χ1v) is 6.64. The highest BCUT2D eigenvalue weighted by Crippen LogP contribution is 2.10. The van der Waals surface area contributed by atoms with Crippen molar-refractivity contribution in [1.29, 1.82) is 0 Å². The molecule has 0 saturated heterocycles. The molecular weight excluding hydrogens is 248 g/mol. The number of aryl methyl sites for hydroxylation is 1. The van der Waals surface area contributed by atoms with Crippen molar-refractivity contribution in [2.45, 2.75) is 13.5 Å². The van der Waals surface area contributed by atoms with Crippen LogP contribution in [0.4, 0.5) is 0 Å². The molecule has 0 amide bonds. The Morgan fingerprint density at radius 1 is 0.900 bits per heavy atom. The van der Waals surface area contributed by atoms with E-state index in [0.717, 1.165) is 11.4 Å². The van der Waals surface area contributed by atoms with Crippen LogP contribution in [0.25, 0.3) is 5.69 Å². The number of hydrogen-bond acceptors (Lipinski definition) is 1. The van der Waals surface area contributed by atoms with Crippen LogP contribution in [0.5, 0.6) is 0 Å². The summed E-state index contributed by atoms with van der Waals surface area (Å²) >= 11 is 0. The van der Waals surface area contributed by atoms with E-state index in [4.69, 9.17) is 0 Å². The van der Waals surface area contributed by atoms with Crippen LogP contribution >= 0.6 is 0 Å². The quantitative estimate of drug-likeness (QED) is 0.714. The SMILES string of the molecule is Cc1cc(=O)n(-c2ccccc2)n1Cc1ccccc1. The maximum absolute atomic E-state index is 12.2. The molecule has 2 aromatic carbocycles. The summed E-state index contributed by atoms with van der Waals surface area (Å²) in [6.45, 7) is 2.65. The average Bonchev–Trinajstić information content (AvgIpc) is 2.75. The van der Waals surface area contributed by atoms with Crippen LogP contribution in [0.1, 0.15) is 11.3 Å². The third kappa shape index (κ3) is 2.30. The smallest absolute Gasteiger partial charge is 0.271 e. The Morgan fingerprint density at radius 3 is 2.15 bits per heavy atom. The molecule has 1 heterocycles. The minimum atomic E-state index is 0.00429. The molecule has 0 fully saturated rings. The molecule has 100 valence electrons. The summed E-state index contributed by atoms with van der Waals surface area (Å²) < 4.78 is 3.73. The number of rotatable bonds is 3. The molecule has 0 aliphatic carbocycles. The van der Waals surface area contributed by atoms with Gasteiger partial charge in [-0.3, -0.25) is 9.48 Å². The topological polar surface area (TPSA) is 26.9 Å². The highest BCUT2D eigenvalue weighted by atomic mass is 16.1. The molecule has 0 aliphatic rings. The van der Waals surface area contributed by atoms with E-state index in [2.05, 4.69) is 12.1 Å². The third-order valence-electron chi connectivity index (χ3n) is 3.37. The summed E-state index contributed by atoms with van der Waals surface area (Å²) in [5, 5.41) is 0. The zero-order chi connectivity index (χ0) is 13.9. The van der Waals surface area contributed by atoms with Crippen LogP contribution in [0.3, 0.4) is 0 Å². The lowest BCUT2D eigenvalue weighted by molar-refractivity contribution is 0.578. The fourth-order valence-corrected chi connectivity index (χ4v) is 2.38. The van der Waals surface area contributed by atoms with Crippen molar-refractivity contribution in [1.82, 2.24) is 9.36 Å². The zero-order valence-electron chi connectivity index (χ0n) is 11.4. The van der Waals surface area contributed by atoms with E-state index < -0.39 is 0 Å². The fraction of sp³-hybridized carbons (Fsp3) is 0.118. The van der Waals surface area contributed by atoms with Crippen LogP contribution in [0.15, 0.2) is 71.5 Å². The van der Waals surface area contributed by atoms with Crippen molar-refractivity contribution >= 4 is 0 Å². The Morgan fingerprint density at radius 2 is 1.50 bits per heavy atom. The van der Waals surface area contributed by atoms with E-state index in [1.807, 2.05) is 60.1 Å². The minimum absolute atomic E-state index is 0.00429. The van der Waals surface area contributed by atoms with Gasteiger partial charge >= 0.3 is 0 Å². The lowest BCUT2D eigenvalue weighted by Gasteiger charge is -2.13. The van der Waals surface area contributed by atoms with Gasteiger partial charge in [0.1, 0.15) is 0 Å². The van der Waals surface area contributed by atoms with Crippen LogP contribution in [-0.4, -0.2) is 9.36 Å². The van der Waals surface area contributed by atoms with Gasteiger partial charge in [-0.15, -0.1) is 0 Å². The summed E-state index contributed by atoms with van der Waals surface area (Å²) in [6, 6.07) is 21.6. The molecule has 3 aromatic rings. The second-order valence-electron chi connectivity index (χ2n) is 4.81. The number of para-hydroxylation sites is 1. The van der Waals surface area contributed by atoms with Gasteiger partial charge in [-0.25, -0.2) is 4.68 Å². The summed E-state index contributed by atoms with van der Waals surface area (Å²) in [6.07, 6.45) is 0. The average molecular weight is 264 g/mol. The molecule has 3 heteroatoms. The van der Waals surface area contributed by atoms with Gasteiger partial charge < -0.3 is 0 Å². The number of aromatic nitrogens is 2.